The van der Waals surface area contributed by atoms with Crippen LogP contribution in [0.3, 0.4) is 0 Å². The molecule has 30 heavy (non-hydrogen) atoms. The first-order valence-corrected chi connectivity index (χ1v) is 10.4. The van der Waals surface area contributed by atoms with E-state index in [0.29, 0.717) is 0 Å². The fraction of sp³-hybridized carbons (Fsp3) is 0. The van der Waals surface area contributed by atoms with Crippen molar-refractivity contribution in [3.05, 3.63) is 102 Å². The molecule has 0 saturated carbocycles. The number of fused-ring (bicyclic) bond motifs is 5. The highest BCUT2D eigenvalue weighted by Gasteiger charge is 2.24. The molecule has 0 fully saturated rings. The Morgan fingerprint density at radius 3 is 2.30 bits per heavy atom. The number of para-hydroxylation sites is 2. The number of benzene rings is 3. The molecule has 3 nitrogen and oxygen atoms in total. The largest absolute Gasteiger partial charge is 1.00 e. The minimum atomic E-state index is 0. The Kier molecular flexibility index (Phi) is 4.61. The van der Waals surface area contributed by atoms with Crippen LogP contribution < -0.4 is 16.8 Å². The van der Waals surface area contributed by atoms with E-state index in [1.54, 1.807) is 0 Å². The molecule has 0 aliphatic carbocycles. The summed E-state index contributed by atoms with van der Waals surface area (Å²) in [5, 5.41) is 2.49. The Hall–Kier alpha value is -3.08. The number of nitrogens with zero attached hydrogens (tertiary/aromatic N) is 2. The predicted octanol–water partition coefficient (Wildman–Crippen LogP) is 3.28. The Morgan fingerprint density at radius 1 is 0.767 bits per heavy atom. The third-order valence-corrected chi connectivity index (χ3v) is 6.03. The van der Waals surface area contributed by atoms with Gasteiger partial charge in [0.25, 0.3) is 6.33 Å². The summed E-state index contributed by atoms with van der Waals surface area (Å²) in [5.41, 5.74) is 6.96. The van der Waals surface area contributed by atoms with E-state index >= 15 is 0 Å². The van der Waals surface area contributed by atoms with Crippen molar-refractivity contribution in [2.45, 2.75) is 0 Å². The van der Waals surface area contributed by atoms with Gasteiger partial charge >= 0.3 is 0 Å². The van der Waals surface area contributed by atoms with Crippen LogP contribution in [0, 0.1) is 0 Å². The molecule has 0 spiro atoms. The van der Waals surface area contributed by atoms with Gasteiger partial charge in [-0.15, -0.1) is 0 Å². The Balaban J connectivity index is 0.00000193. The van der Waals surface area contributed by atoms with Crippen molar-refractivity contribution in [2.24, 2.45) is 0 Å². The van der Waals surface area contributed by atoms with Crippen LogP contribution in [0.5, 0.6) is 0 Å². The molecular weight excluding hydrogens is 458 g/mol. The number of rotatable bonds is 2. The Bertz CT molecular complexity index is 1500. The maximum atomic E-state index is 3.66. The van der Waals surface area contributed by atoms with E-state index in [9.17, 15) is 0 Å². The van der Waals surface area contributed by atoms with Crippen molar-refractivity contribution < 1.29 is 16.8 Å². The molecule has 6 aromatic rings. The van der Waals surface area contributed by atoms with Gasteiger partial charge in [0, 0.05) is 26.3 Å². The van der Waals surface area contributed by atoms with Gasteiger partial charge in [-0.25, -0.2) is 0 Å². The number of nitrogens with one attached hydrogen (secondary N) is 1. The lowest BCUT2D eigenvalue weighted by Crippen LogP contribution is -3.00. The van der Waals surface area contributed by atoms with Gasteiger partial charge < -0.3 is 17.4 Å². The monoisotopic (exact) mass is 473 g/mol. The second-order valence-electron chi connectivity index (χ2n) is 7.21. The van der Waals surface area contributed by atoms with Crippen LogP contribution in [0.1, 0.15) is 0 Å². The summed E-state index contributed by atoms with van der Waals surface area (Å²) in [5.74, 6) is 0. The lowest BCUT2D eigenvalue weighted by molar-refractivity contribution is -0.510. The number of hydrogen-bond acceptors (Lipinski definition) is 0. The van der Waals surface area contributed by atoms with Crippen molar-refractivity contribution in [1.29, 1.82) is 0 Å². The number of aromatic nitrogens is 3. The first kappa shape index (κ1) is 18.9. The topological polar surface area (TPSA) is 24.8 Å². The molecule has 0 aliphatic rings. The van der Waals surface area contributed by atoms with Gasteiger partial charge in [0.1, 0.15) is 5.69 Å². The quantitative estimate of drug-likeness (QED) is 0.373. The molecule has 0 radical (unpaired) electrons. The first-order valence-electron chi connectivity index (χ1n) is 9.57. The van der Waals surface area contributed by atoms with Crippen molar-refractivity contribution in [3.8, 4) is 16.9 Å². The zero-order valence-electron chi connectivity index (χ0n) is 15.9. The van der Waals surface area contributed by atoms with Gasteiger partial charge in [-0.3, -0.25) is 0 Å². The second-order valence-corrected chi connectivity index (χ2v) is 8.12. The second kappa shape index (κ2) is 7.31. The molecule has 1 N–H and O–H groups in total. The summed E-state index contributed by atoms with van der Waals surface area (Å²) >= 11 is 3.57. The van der Waals surface area contributed by atoms with Gasteiger partial charge in [-0.05, 0) is 48.5 Å². The molecular formula is C25H17BrClN3. The van der Waals surface area contributed by atoms with E-state index in [0.717, 1.165) is 21.2 Å². The average Bonchev–Trinajstić information content (AvgIpc) is 3.33. The fourth-order valence-electron chi connectivity index (χ4n) is 4.18. The van der Waals surface area contributed by atoms with Crippen molar-refractivity contribution in [3.63, 3.8) is 0 Å². The van der Waals surface area contributed by atoms with Gasteiger partial charge in [0.15, 0.2) is 5.69 Å². The summed E-state index contributed by atoms with van der Waals surface area (Å²) in [6.07, 6.45) is 4.31. The van der Waals surface area contributed by atoms with Crippen LogP contribution in [0.4, 0.5) is 0 Å². The van der Waals surface area contributed by atoms with Crippen molar-refractivity contribution in [2.75, 3.05) is 0 Å². The SMILES string of the molecule is Brc1ccc(-c2c3c4[nH]c5ccccc5c4cc[n+]3cn2-c2ccccc2)cc1.[Cl-]. The zero-order valence-corrected chi connectivity index (χ0v) is 18.2. The number of H-pyrrole nitrogens is 1. The third-order valence-electron chi connectivity index (χ3n) is 5.50. The van der Waals surface area contributed by atoms with Crippen molar-refractivity contribution in [1.82, 2.24) is 9.55 Å². The molecule has 0 aliphatic heterocycles. The molecule has 3 aromatic carbocycles. The summed E-state index contributed by atoms with van der Waals surface area (Å²) in [6, 6.07) is 29.7. The highest BCUT2D eigenvalue weighted by atomic mass is 79.9. The van der Waals surface area contributed by atoms with Crippen LogP contribution in [0.25, 0.3) is 44.3 Å². The predicted molar refractivity (Wildman–Crippen MR) is 121 cm³/mol. The van der Waals surface area contributed by atoms with Gasteiger partial charge in [-0.2, -0.15) is 8.97 Å². The number of hydrogen-bond donors (Lipinski definition) is 1. The fourth-order valence-corrected chi connectivity index (χ4v) is 4.45. The molecule has 0 atom stereocenters. The third kappa shape index (κ3) is 2.83. The van der Waals surface area contributed by atoms with Gasteiger partial charge in [0.2, 0.25) is 5.52 Å². The van der Waals surface area contributed by atoms with E-state index in [1.165, 1.54) is 27.5 Å². The summed E-state index contributed by atoms with van der Waals surface area (Å²) in [7, 11) is 0. The summed E-state index contributed by atoms with van der Waals surface area (Å²) in [6.45, 7) is 0. The van der Waals surface area contributed by atoms with Crippen molar-refractivity contribution >= 4 is 43.3 Å². The molecule has 6 rings (SSSR count). The smallest absolute Gasteiger partial charge is 0.254 e. The van der Waals surface area contributed by atoms with E-state index in [2.05, 4.69) is 127 Å². The number of aromatic amines is 1. The average molecular weight is 475 g/mol. The van der Waals surface area contributed by atoms with Crippen LogP contribution in [-0.4, -0.2) is 9.55 Å². The highest BCUT2D eigenvalue weighted by molar-refractivity contribution is 9.10. The Morgan fingerprint density at radius 2 is 1.50 bits per heavy atom. The number of imidazole rings is 1. The van der Waals surface area contributed by atoms with Gasteiger partial charge in [-0.1, -0.05) is 52.3 Å². The maximum absolute atomic E-state index is 3.66. The lowest BCUT2D eigenvalue weighted by Gasteiger charge is -2.03. The molecule has 3 heterocycles. The Labute approximate surface area is 188 Å². The van der Waals surface area contributed by atoms with E-state index in [-0.39, 0.29) is 12.4 Å². The molecule has 146 valence electrons. The normalized spacial score (nSPS) is 11.2. The maximum Gasteiger partial charge on any atom is 0.254 e. The highest BCUT2D eigenvalue weighted by Crippen LogP contribution is 2.34. The molecule has 0 unspecified atom stereocenters. The van der Waals surface area contributed by atoms with Crippen LogP contribution in [0.15, 0.2) is 102 Å². The molecule has 0 amide bonds. The van der Waals surface area contributed by atoms with Gasteiger partial charge in [0.05, 0.1) is 11.7 Å². The minimum absolute atomic E-state index is 0. The molecule has 3 aromatic heterocycles. The zero-order chi connectivity index (χ0) is 19.4. The number of pyridine rings is 1. The lowest BCUT2D eigenvalue weighted by atomic mass is 10.1. The minimum Gasteiger partial charge on any atom is -1.00 e. The van der Waals surface area contributed by atoms with E-state index in [1.807, 2.05) is 0 Å². The van der Waals surface area contributed by atoms with E-state index < -0.39 is 0 Å². The van der Waals surface area contributed by atoms with Crippen LogP contribution in [0.2, 0.25) is 0 Å². The summed E-state index contributed by atoms with van der Waals surface area (Å²) < 4.78 is 5.55. The molecule has 0 bridgehead atoms. The molecule has 0 saturated heterocycles. The van der Waals surface area contributed by atoms with Crippen LogP contribution >= 0.6 is 15.9 Å². The summed E-state index contributed by atoms with van der Waals surface area (Å²) in [4.78, 5) is 3.66. The first-order chi connectivity index (χ1) is 14.3. The standard InChI is InChI=1S/C25H17BrN3.ClH/c26-18-12-10-17(11-13-18)24-25-23-21(20-8-4-5-9-22(20)27-23)14-15-28(25)16-29(24)19-6-2-1-3-7-19;/h1-16,27H;1H/q+1;/p-1. The molecule has 5 heteroatoms. The van der Waals surface area contributed by atoms with E-state index in [4.69, 9.17) is 0 Å². The van der Waals surface area contributed by atoms with Crippen LogP contribution in [-0.2, 0) is 0 Å². The number of halogens is 2.